The van der Waals surface area contributed by atoms with E-state index in [2.05, 4.69) is 6.58 Å². The van der Waals surface area contributed by atoms with E-state index in [-0.39, 0.29) is 11.5 Å². The summed E-state index contributed by atoms with van der Waals surface area (Å²) >= 11 is 0. The molecule has 64 valence electrons. The summed E-state index contributed by atoms with van der Waals surface area (Å²) in [6, 6.07) is 2.95. The molecule has 2 nitrogen and oxygen atoms in total. The molecule has 0 saturated carbocycles. The molecular formula is C10H12O2. The highest BCUT2D eigenvalue weighted by Crippen LogP contribution is 2.29. The summed E-state index contributed by atoms with van der Waals surface area (Å²) in [6.45, 7) is 5.49. The van der Waals surface area contributed by atoms with E-state index < -0.39 is 0 Å². The van der Waals surface area contributed by atoms with Crippen molar-refractivity contribution in [2.75, 3.05) is 0 Å². The van der Waals surface area contributed by atoms with Crippen molar-refractivity contribution in [2.45, 2.75) is 13.3 Å². The summed E-state index contributed by atoms with van der Waals surface area (Å²) in [5.41, 5.74) is 1.36. The predicted molar refractivity (Wildman–Crippen MR) is 49.2 cm³/mol. The highest BCUT2D eigenvalue weighted by atomic mass is 16.3. The lowest BCUT2D eigenvalue weighted by Crippen LogP contribution is -1.87. The number of aromatic hydroxyl groups is 2. The Hall–Kier alpha value is -1.44. The largest absolute Gasteiger partial charge is 0.508 e. The maximum absolute atomic E-state index is 9.39. The van der Waals surface area contributed by atoms with E-state index in [1.807, 2.05) is 6.92 Å². The van der Waals surface area contributed by atoms with Crippen molar-refractivity contribution < 1.29 is 10.2 Å². The Balaban J connectivity index is 3.38. The molecule has 1 rings (SSSR count). The van der Waals surface area contributed by atoms with Gasteiger partial charge in [0.15, 0.2) is 0 Å². The second kappa shape index (κ2) is 3.30. The highest BCUT2D eigenvalue weighted by molar-refractivity contribution is 5.62. The van der Waals surface area contributed by atoms with E-state index in [4.69, 9.17) is 0 Å². The Morgan fingerprint density at radius 2 is 1.92 bits per heavy atom. The average molecular weight is 164 g/mol. The molecule has 0 aromatic heterocycles. The molecule has 2 N–H and O–H groups in total. The van der Waals surface area contributed by atoms with Crippen LogP contribution in [0.4, 0.5) is 0 Å². The van der Waals surface area contributed by atoms with Gasteiger partial charge in [0.25, 0.3) is 0 Å². The minimum atomic E-state index is 0.166. The average Bonchev–Trinajstić information content (AvgIpc) is 2.08. The van der Waals surface area contributed by atoms with Crippen molar-refractivity contribution in [1.29, 1.82) is 0 Å². The third-order valence-electron chi connectivity index (χ3n) is 1.87. The normalized spacial score (nSPS) is 9.75. The molecule has 2 heteroatoms. The van der Waals surface area contributed by atoms with E-state index >= 15 is 0 Å². The first kappa shape index (κ1) is 8.65. The Bertz CT molecular complexity index is 303. The lowest BCUT2D eigenvalue weighted by atomic mass is 10.0. The third-order valence-corrected chi connectivity index (χ3v) is 1.87. The molecule has 0 spiro atoms. The maximum atomic E-state index is 9.39. The Kier molecular flexibility index (Phi) is 2.38. The van der Waals surface area contributed by atoms with Gasteiger partial charge in [-0.1, -0.05) is 19.6 Å². The quantitative estimate of drug-likeness (QED) is 0.658. The van der Waals surface area contributed by atoms with Crippen LogP contribution in [-0.4, -0.2) is 10.2 Å². The van der Waals surface area contributed by atoms with Crippen LogP contribution in [0.5, 0.6) is 11.5 Å². The number of phenols is 2. The molecule has 0 radical (unpaired) electrons. The van der Waals surface area contributed by atoms with Gasteiger partial charge in [0.2, 0.25) is 0 Å². The fourth-order valence-electron chi connectivity index (χ4n) is 1.24. The smallest absolute Gasteiger partial charge is 0.123 e. The SMILES string of the molecule is C=Cc1c(O)ccc(O)c1CC. The minimum absolute atomic E-state index is 0.166. The number of hydrogen-bond acceptors (Lipinski definition) is 2. The fourth-order valence-corrected chi connectivity index (χ4v) is 1.24. The first-order valence-corrected chi connectivity index (χ1v) is 3.87. The number of phenolic OH excluding ortho intramolecular Hbond substituents is 2. The van der Waals surface area contributed by atoms with Crippen molar-refractivity contribution in [3.8, 4) is 11.5 Å². The van der Waals surface area contributed by atoms with Gasteiger partial charge in [-0.25, -0.2) is 0 Å². The fraction of sp³-hybridized carbons (Fsp3) is 0.200. The molecule has 0 aliphatic heterocycles. The molecule has 0 unspecified atom stereocenters. The van der Waals surface area contributed by atoms with Gasteiger partial charge in [-0.2, -0.15) is 0 Å². The van der Waals surface area contributed by atoms with Crippen LogP contribution in [0.1, 0.15) is 18.1 Å². The van der Waals surface area contributed by atoms with Crippen LogP contribution < -0.4 is 0 Å². The van der Waals surface area contributed by atoms with Crippen LogP contribution in [0.3, 0.4) is 0 Å². The van der Waals surface area contributed by atoms with E-state index in [0.717, 1.165) is 5.56 Å². The molecule has 0 atom stereocenters. The summed E-state index contributed by atoms with van der Waals surface area (Å²) in [5, 5.41) is 18.8. The lowest BCUT2D eigenvalue weighted by Gasteiger charge is -2.07. The van der Waals surface area contributed by atoms with Gasteiger partial charge < -0.3 is 10.2 Å². The van der Waals surface area contributed by atoms with Gasteiger partial charge in [0.05, 0.1) is 0 Å². The summed E-state index contributed by atoms with van der Waals surface area (Å²) in [7, 11) is 0. The zero-order valence-corrected chi connectivity index (χ0v) is 7.04. The third kappa shape index (κ3) is 1.28. The van der Waals surface area contributed by atoms with Gasteiger partial charge in [0.1, 0.15) is 11.5 Å². The van der Waals surface area contributed by atoms with Crippen LogP contribution in [0.25, 0.3) is 6.08 Å². The van der Waals surface area contributed by atoms with Gasteiger partial charge in [-0.15, -0.1) is 0 Å². The van der Waals surface area contributed by atoms with Crippen LogP contribution >= 0.6 is 0 Å². The van der Waals surface area contributed by atoms with Gasteiger partial charge >= 0.3 is 0 Å². The number of rotatable bonds is 2. The molecule has 0 aliphatic rings. The maximum Gasteiger partial charge on any atom is 0.123 e. The Morgan fingerprint density at radius 1 is 1.33 bits per heavy atom. The first-order chi connectivity index (χ1) is 5.70. The van der Waals surface area contributed by atoms with Crippen LogP contribution in [0.2, 0.25) is 0 Å². The molecule has 0 fully saturated rings. The number of benzene rings is 1. The second-order valence-electron chi connectivity index (χ2n) is 2.55. The van der Waals surface area contributed by atoms with Crippen LogP contribution in [0, 0.1) is 0 Å². The zero-order valence-electron chi connectivity index (χ0n) is 7.04. The van der Waals surface area contributed by atoms with Crippen molar-refractivity contribution in [2.24, 2.45) is 0 Å². The van der Waals surface area contributed by atoms with Crippen molar-refractivity contribution in [1.82, 2.24) is 0 Å². The molecule has 0 amide bonds. The molecule has 12 heavy (non-hydrogen) atoms. The van der Waals surface area contributed by atoms with E-state index in [0.29, 0.717) is 12.0 Å². The zero-order chi connectivity index (χ0) is 9.14. The summed E-state index contributed by atoms with van der Waals surface area (Å²) < 4.78 is 0. The molecule has 1 aromatic carbocycles. The summed E-state index contributed by atoms with van der Waals surface area (Å²) in [4.78, 5) is 0. The molecule has 0 bridgehead atoms. The van der Waals surface area contributed by atoms with E-state index in [9.17, 15) is 10.2 Å². The Labute approximate surface area is 71.8 Å². The standard InChI is InChI=1S/C10H12O2/c1-3-7-8(4-2)10(12)6-5-9(7)11/h3,5-6,11-12H,1,4H2,2H3. The monoisotopic (exact) mass is 164 g/mol. The van der Waals surface area contributed by atoms with Gasteiger partial charge in [0, 0.05) is 11.1 Å². The van der Waals surface area contributed by atoms with Crippen molar-refractivity contribution >= 4 is 6.08 Å². The summed E-state index contributed by atoms with van der Waals surface area (Å²) in [6.07, 6.45) is 2.23. The van der Waals surface area contributed by atoms with E-state index in [1.54, 1.807) is 6.08 Å². The molecule has 1 aromatic rings. The van der Waals surface area contributed by atoms with Crippen LogP contribution in [0.15, 0.2) is 18.7 Å². The van der Waals surface area contributed by atoms with Crippen molar-refractivity contribution in [3.05, 3.63) is 29.8 Å². The summed E-state index contributed by atoms with van der Waals surface area (Å²) in [5.74, 6) is 0.379. The first-order valence-electron chi connectivity index (χ1n) is 3.87. The van der Waals surface area contributed by atoms with E-state index in [1.165, 1.54) is 12.1 Å². The molecule has 0 aliphatic carbocycles. The number of hydrogen-bond donors (Lipinski definition) is 2. The molecule has 0 saturated heterocycles. The van der Waals surface area contributed by atoms with Crippen LogP contribution in [-0.2, 0) is 6.42 Å². The highest BCUT2D eigenvalue weighted by Gasteiger charge is 2.07. The second-order valence-corrected chi connectivity index (χ2v) is 2.55. The predicted octanol–water partition coefficient (Wildman–Crippen LogP) is 2.30. The molecular weight excluding hydrogens is 152 g/mol. The Morgan fingerprint density at radius 3 is 2.33 bits per heavy atom. The lowest BCUT2D eigenvalue weighted by molar-refractivity contribution is 0.453. The molecule has 0 heterocycles. The van der Waals surface area contributed by atoms with Crippen molar-refractivity contribution in [3.63, 3.8) is 0 Å². The minimum Gasteiger partial charge on any atom is -0.508 e. The topological polar surface area (TPSA) is 40.5 Å². The van der Waals surface area contributed by atoms with Gasteiger partial charge in [-0.05, 0) is 18.6 Å². The van der Waals surface area contributed by atoms with Gasteiger partial charge in [-0.3, -0.25) is 0 Å².